The van der Waals surface area contributed by atoms with Crippen molar-refractivity contribution in [2.45, 2.75) is 25.9 Å². The van der Waals surface area contributed by atoms with Crippen LogP contribution in [0.4, 0.5) is 5.69 Å². The molecule has 0 bridgehead atoms. The smallest absolute Gasteiger partial charge is 0.244 e. The lowest BCUT2D eigenvalue weighted by atomic mass is 10.0. The Kier molecular flexibility index (Phi) is 10.2. The summed E-state index contributed by atoms with van der Waals surface area (Å²) in [4.78, 5) is 28.6. The minimum atomic E-state index is -3.94. The molecule has 0 saturated carbocycles. The SMILES string of the molecule is CNC(=O)C(Cc1ccccc1)N(Cc1c(Cl)cccc1Cl)C(=O)CN(c1cc(C)ccc1OC)S(C)(=O)=O. The van der Waals surface area contributed by atoms with Gasteiger partial charge in [-0.2, -0.15) is 0 Å². The summed E-state index contributed by atoms with van der Waals surface area (Å²) in [5, 5.41) is 3.26. The van der Waals surface area contributed by atoms with Crippen LogP contribution in [0.15, 0.2) is 66.7 Å². The molecule has 0 aliphatic heterocycles. The molecule has 0 fully saturated rings. The van der Waals surface area contributed by atoms with Crippen LogP contribution in [0.2, 0.25) is 10.0 Å². The molecule has 208 valence electrons. The second-order valence-electron chi connectivity index (χ2n) is 8.99. The topological polar surface area (TPSA) is 96.0 Å². The van der Waals surface area contributed by atoms with Crippen molar-refractivity contribution in [1.29, 1.82) is 0 Å². The highest BCUT2D eigenvalue weighted by Gasteiger charge is 2.34. The highest BCUT2D eigenvalue weighted by atomic mass is 35.5. The first kappa shape index (κ1) is 30.3. The van der Waals surface area contributed by atoms with Gasteiger partial charge in [-0.1, -0.05) is 65.7 Å². The van der Waals surface area contributed by atoms with E-state index in [1.165, 1.54) is 19.1 Å². The molecular formula is C28H31Cl2N3O5S. The van der Waals surface area contributed by atoms with E-state index in [2.05, 4.69) is 5.32 Å². The van der Waals surface area contributed by atoms with Crippen molar-refractivity contribution >= 4 is 50.7 Å². The Morgan fingerprint density at radius 2 is 1.64 bits per heavy atom. The number of methoxy groups -OCH3 is 1. The minimum Gasteiger partial charge on any atom is -0.495 e. The minimum absolute atomic E-state index is 0.120. The fourth-order valence-corrected chi connectivity index (χ4v) is 5.53. The third-order valence-electron chi connectivity index (χ3n) is 6.19. The van der Waals surface area contributed by atoms with E-state index in [0.717, 1.165) is 21.7 Å². The molecule has 0 heterocycles. The standard InChI is InChI=1S/C28H31Cl2N3O5S/c1-19-13-14-26(38-3)24(15-19)33(39(4,36)37)18-27(34)32(17-21-22(29)11-8-12-23(21)30)25(28(35)31-2)16-20-9-6-5-7-10-20/h5-15,25H,16-18H2,1-4H3,(H,31,35). The van der Waals surface area contributed by atoms with Crippen LogP contribution in [0.3, 0.4) is 0 Å². The lowest BCUT2D eigenvalue weighted by molar-refractivity contribution is -0.139. The van der Waals surface area contributed by atoms with E-state index in [1.807, 2.05) is 30.3 Å². The Labute approximate surface area is 239 Å². The highest BCUT2D eigenvalue weighted by Crippen LogP contribution is 2.32. The van der Waals surface area contributed by atoms with E-state index in [9.17, 15) is 18.0 Å². The van der Waals surface area contributed by atoms with E-state index < -0.39 is 34.4 Å². The Bertz CT molecular complexity index is 1410. The molecule has 2 amide bonds. The summed E-state index contributed by atoms with van der Waals surface area (Å²) in [6, 6.07) is 18.2. The van der Waals surface area contributed by atoms with Crippen LogP contribution in [0, 0.1) is 6.92 Å². The molecule has 11 heteroatoms. The van der Waals surface area contributed by atoms with Crippen LogP contribution >= 0.6 is 23.2 Å². The van der Waals surface area contributed by atoms with E-state index >= 15 is 0 Å². The predicted molar refractivity (Wildman–Crippen MR) is 155 cm³/mol. The largest absolute Gasteiger partial charge is 0.495 e. The van der Waals surface area contributed by atoms with Crippen LogP contribution in [0.25, 0.3) is 0 Å². The zero-order valence-electron chi connectivity index (χ0n) is 22.1. The summed E-state index contributed by atoms with van der Waals surface area (Å²) in [5.41, 5.74) is 2.24. The molecule has 0 saturated heterocycles. The summed E-state index contributed by atoms with van der Waals surface area (Å²) in [6.45, 7) is 1.10. The van der Waals surface area contributed by atoms with Crippen LogP contribution in [0.5, 0.6) is 5.75 Å². The quantitative estimate of drug-likeness (QED) is 0.355. The molecule has 0 spiro atoms. The van der Waals surface area contributed by atoms with Crippen molar-refractivity contribution in [3.63, 3.8) is 0 Å². The second kappa shape index (κ2) is 13.2. The van der Waals surface area contributed by atoms with E-state index in [-0.39, 0.29) is 24.4 Å². The zero-order valence-corrected chi connectivity index (χ0v) is 24.5. The number of hydrogen-bond acceptors (Lipinski definition) is 5. The number of ether oxygens (including phenoxy) is 1. The number of halogens is 2. The first-order valence-electron chi connectivity index (χ1n) is 12.1. The summed E-state index contributed by atoms with van der Waals surface area (Å²) in [6.07, 6.45) is 1.19. The number of nitrogens with zero attached hydrogens (tertiary/aromatic N) is 2. The zero-order chi connectivity index (χ0) is 28.7. The molecule has 1 atom stereocenters. The molecule has 3 rings (SSSR count). The number of aryl methyl sites for hydroxylation is 1. The monoisotopic (exact) mass is 591 g/mol. The van der Waals surface area contributed by atoms with Gasteiger partial charge in [-0.15, -0.1) is 0 Å². The normalized spacial score (nSPS) is 11.9. The third-order valence-corrected chi connectivity index (χ3v) is 8.02. The maximum atomic E-state index is 14.1. The molecule has 8 nitrogen and oxygen atoms in total. The number of amides is 2. The summed E-state index contributed by atoms with van der Waals surface area (Å²) >= 11 is 12.9. The Hall–Kier alpha value is -3.27. The molecule has 3 aromatic carbocycles. The number of likely N-dealkylation sites (N-methyl/N-ethyl adjacent to an activating group) is 1. The second-order valence-corrected chi connectivity index (χ2v) is 11.7. The molecule has 1 N–H and O–H groups in total. The van der Waals surface area contributed by atoms with Gasteiger partial charge in [0.1, 0.15) is 18.3 Å². The molecule has 0 radical (unpaired) electrons. The maximum absolute atomic E-state index is 14.1. The van der Waals surface area contributed by atoms with Gasteiger partial charge in [0.25, 0.3) is 0 Å². The van der Waals surface area contributed by atoms with Gasteiger partial charge in [-0.3, -0.25) is 13.9 Å². The number of rotatable bonds is 11. The van der Waals surface area contributed by atoms with Gasteiger partial charge in [0, 0.05) is 35.6 Å². The molecule has 0 aliphatic rings. The van der Waals surface area contributed by atoms with Crippen molar-refractivity contribution in [1.82, 2.24) is 10.2 Å². The Morgan fingerprint density at radius 1 is 1.00 bits per heavy atom. The number of carbonyl (C=O) groups is 2. The Morgan fingerprint density at radius 3 is 2.21 bits per heavy atom. The molecule has 39 heavy (non-hydrogen) atoms. The van der Waals surface area contributed by atoms with Gasteiger partial charge >= 0.3 is 0 Å². The summed E-state index contributed by atoms with van der Waals surface area (Å²) in [7, 11) is -1.04. The molecule has 3 aromatic rings. The fourth-order valence-electron chi connectivity index (χ4n) is 4.16. The lowest BCUT2D eigenvalue weighted by Gasteiger charge is -2.34. The van der Waals surface area contributed by atoms with Crippen molar-refractivity contribution in [2.24, 2.45) is 0 Å². The van der Waals surface area contributed by atoms with Crippen molar-refractivity contribution in [3.05, 3.63) is 93.5 Å². The average molecular weight is 593 g/mol. The van der Waals surface area contributed by atoms with Crippen LogP contribution < -0.4 is 14.4 Å². The van der Waals surface area contributed by atoms with E-state index in [4.69, 9.17) is 27.9 Å². The van der Waals surface area contributed by atoms with E-state index in [1.54, 1.807) is 43.3 Å². The van der Waals surface area contributed by atoms with Gasteiger partial charge in [-0.25, -0.2) is 8.42 Å². The lowest BCUT2D eigenvalue weighted by Crippen LogP contribution is -2.53. The van der Waals surface area contributed by atoms with Gasteiger partial charge in [0.15, 0.2) is 0 Å². The Balaban J connectivity index is 2.12. The molecule has 1 unspecified atom stereocenters. The number of nitrogens with one attached hydrogen (secondary N) is 1. The summed E-state index contributed by atoms with van der Waals surface area (Å²) < 4.78 is 32.3. The molecule has 0 aliphatic carbocycles. The molecular weight excluding hydrogens is 561 g/mol. The average Bonchev–Trinajstić information content (AvgIpc) is 2.90. The highest BCUT2D eigenvalue weighted by molar-refractivity contribution is 7.92. The van der Waals surface area contributed by atoms with Crippen LogP contribution in [0.1, 0.15) is 16.7 Å². The third kappa shape index (κ3) is 7.65. The number of carbonyl (C=O) groups excluding carboxylic acids is 2. The van der Waals surface area contributed by atoms with Gasteiger partial charge in [-0.05, 0) is 42.3 Å². The predicted octanol–water partition coefficient (Wildman–Crippen LogP) is 4.46. The first-order chi connectivity index (χ1) is 18.5. The number of anilines is 1. The van der Waals surface area contributed by atoms with Crippen LogP contribution in [-0.4, -0.2) is 58.1 Å². The van der Waals surface area contributed by atoms with Crippen molar-refractivity contribution in [2.75, 3.05) is 31.3 Å². The van der Waals surface area contributed by atoms with E-state index in [0.29, 0.717) is 15.6 Å². The van der Waals surface area contributed by atoms with Gasteiger partial charge in [0.05, 0.1) is 19.1 Å². The summed E-state index contributed by atoms with van der Waals surface area (Å²) in [5.74, 6) is -0.759. The van der Waals surface area contributed by atoms with Crippen molar-refractivity contribution < 1.29 is 22.7 Å². The molecule has 0 aromatic heterocycles. The number of hydrogen-bond donors (Lipinski definition) is 1. The maximum Gasteiger partial charge on any atom is 0.244 e. The van der Waals surface area contributed by atoms with Crippen molar-refractivity contribution in [3.8, 4) is 5.75 Å². The van der Waals surface area contributed by atoms with Gasteiger partial charge < -0.3 is 15.0 Å². The van der Waals surface area contributed by atoms with Crippen LogP contribution in [-0.2, 0) is 32.6 Å². The first-order valence-corrected chi connectivity index (χ1v) is 14.7. The van der Waals surface area contributed by atoms with Gasteiger partial charge in [0.2, 0.25) is 21.8 Å². The number of sulfonamides is 1. The number of benzene rings is 3. The fraction of sp³-hybridized carbons (Fsp3) is 0.286.